The highest BCUT2D eigenvalue weighted by Gasteiger charge is 2.17. The molecule has 1 aliphatic rings. The summed E-state index contributed by atoms with van der Waals surface area (Å²) in [6.07, 6.45) is 2.36. The molecule has 0 aliphatic carbocycles. The average molecular weight is 271 g/mol. The molecule has 2 rings (SSSR count). The van der Waals surface area contributed by atoms with Gasteiger partial charge in [0.05, 0.1) is 7.11 Å². The maximum Gasteiger partial charge on any atom is 0.123 e. The van der Waals surface area contributed by atoms with E-state index in [2.05, 4.69) is 30.0 Å². The smallest absolute Gasteiger partial charge is 0.123 e. The van der Waals surface area contributed by atoms with Crippen LogP contribution < -0.4 is 10.5 Å². The van der Waals surface area contributed by atoms with Crippen molar-refractivity contribution < 1.29 is 4.74 Å². The second-order valence-corrected chi connectivity index (χ2v) is 4.95. The van der Waals surface area contributed by atoms with E-state index >= 15 is 0 Å². The number of nitrogens with zero attached hydrogens (tertiary/aromatic N) is 1. The molecule has 0 bridgehead atoms. The quantitative estimate of drug-likeness (QED) is 0.916. The van der Waals surface area contributed by atoms with Gasteiger partial charge in [0.1, 0.15) is 5.75 Å². The molecule has 1 saturated heterocycles. The zero-order chi connectivity index (χ0) is 12.3. The lowest BCUT2D eigenvalue weighted by molar-refractivity contribution is 0.199. The molecule has 2 N–H and O–H groups in total. The van der Waals surface area contributed by atoms with Gasteiger partial charge < -0.3 is 10.5 Å². The van der Waals surface area contributed by atoms with E-state index in [1.54, 1.807) is 7.11 Å². The van der Waals surface area contributed by atoms with Gasteiger partial charge in [0, 0.05) is 24.7 Å². The van der Waals surface area contributed by atoms with E-state index in [1.807, 2.05) is 0 Å². The van der Waals surface area contributed by atoms with E-state index in [0.29, 0.717) is 6.04 Å². The number of hydrogen-bond donors (Lipinski definition) is 1. The fourth-order valence-electron chi connectivity index (χ4n) is 2.51. The Labute approximate surface area is 116 Å². The van der Waals surface area contributed by atoms with Crippen LogP contribution >= 0.6 is 12.4 Å². The van der Waals surface area contributed by atoms with E-state index in [9.17, 15) is 0 Å². The molecule has 0 saturated carbocycles. The van der Waals surface area contributed by atoms with Crippen LogP contribution in [0.2, 0.25) is 0 Å². The van der Waals surface area contributed by atoms with E-state index < -0.39 is 0 Å². The van der Waals surface area contributed by atoms with E-state index in [-0.39, 0.29) is 12.4 Å². The maximum atomic E-state index is 6.01. The molecule has 3 nitrogen and oxygen atoms in total. The Morgan fingerprint density at radius 1 is 1.44 bits per heavy atom. The molecular weight excluding hydrogens is 248 g/mol. The van der Waals surface area contributed by atoms with Crippen LogP contribution in [0.1, 0.15) is 24.0 Å². The summed E-state index contributed by atoms with van der Waals surface area (Å²) in [6, 6.07) is 6.68. The number of methoxy groups -OCH3 is 1. The van der Waals surface area contributed by atoms with Gasteiger partial charge in [0.15, 0.2) is 0 Å². The van der Waals surface area contributed by atoms with Gasteiger partial charge in [-0.05, 0) is 32.4 Å². The van der Waals surface area contributed by atoms with Crippen molar-refractivity contribution in [1.29, 1.82) is 0 Å². The van der Waals surface area contributed by atoms with Gasteiger partial charge in [-0.25, -0.2) is 0 Å². The SMILES string of the molecule is COc1ccc(C)cc1CN1CCCC(N)C1.Cl. The normalized spacial score (nSPS) is 20.3. The van der Waals surface area contributed by atoms with Crippen molar-refractivity contribution >= 4 is 12.4 Å². The second kappa shape index (κ2) is 6.98. The Bertz CT molecular complexity index is 384. The van der Waals surface area contributed by atoms with Gasteiger partial charge in [-0.3, -0.25) is 4.90 Å². The number of hydrogen-bond acceptors (Lipinski definition) is 3. The van der Waals surface area contributed by atoms with Crippen LogP contribution in [0.5, 0.6) is 5.75 Å². The van der Waals surface area contributed by atoms with Crippen molar-refractivity contribution in [2.45, 2.75) is 32.4 Å². The van der Waals surface area contributed by atoms with Gasteiger partial charge in [-0.2, -0.15) is 0 Å². The zero-order valence-electron chi connectivity index (χ0n) is 11.2. The third kappa shape index (κ3) is 3.87. The maximum absolute atomic E-state index is 6.01. The first-order chi connectivity index (χ1) is 8.19. The number of benzene rings is 1. The van der Waals surface area contributed by atoms with Crippen molar-refractivity contribution in [3.05, 3.63) is 29.3 Å². The minimum atomic E-state index is 0. The summed E-state index contributed by atoms with van der Waals surface area (Å²) >= 11 is 0. The Balaban J connectivity index is 0.00000162. The van der Waals surface area contributed by atoms with Crippen LogP contribution in [-0.4, -0.2) is 31.1 Å². The Hall–Kier alpha value is -0.770. The Kier molecular flexibility index (Phi) is 5.93. The first-order valence-electron chi connectivity index (χ1n) is 6.30. The summed E-state index contributed by atoms with van der Waals surface area (Å²) < 4.78 is 5.41. The molecular formula is C14H23ClN2O. The molecule has 1 aliphatic heterocycles. The minimum absolute atomic E-state index is 0. The van der Waals surface area contributed by atoms with E-state index in [0.717, 1.165) is 31.8 Å². The second-order valence-electron chi connectivity index (χ2n) is 4.95. The molecule has 102 valence electrons. The summed E-state index contributed by atoms with van der Waals surface area (Å²) in [5, 5.41) is 0. The van der Waals surface area contributed by atoms with Crippen molar-refractivity contribution in [1.82, 2.24) is 4.90 Å². The topological polar surface area (TPSA) is 38.5 Å². The predicted molar refractivity (Wildman–Crippen MR) is 77.5 cm³/mol. The van der Waals surface area contributed by atoms with Gasteiger partial charge in [-0.1, -0.05) is 17.7 Å². The molecule has 1 atom stereocenters. The zero-order valence-corrected chi connectivity index (χ0v) is 12.0. The predicted octanol–water partition coefficient (Wildman–Crippen LogP) is 2.35. The van der Waals surface area contributed by atoms with Gasteiger partial charge in [0.25, 0.3) is 0 Å². The Morgan fingerprint density at radius 3 is 2.89 bits per heavy atom. The highest BCUT2D eigenvalue weighted by Crippen LogP contribution is 2.22. The number of piperidine rings is 1. The van der Waals surface area contributed by atoms with Crippen LogP contribution in [0, 0.1) is 6.92 Å². The van der Waals surface area contributed by atoms with Crippen LogP contribution in [0.15, 0.2) is 18.2 Å². The monoisotopic (exact) mass is 270 g/mol. The summed E-state index contributed by atoms with van der Waals surface area (Å²) in [7, 11) is 1.73. The van der Waals surface area contributed by atoms with Crippen molar-refractivity contribution in [2.24, 2.45) is 5.73 Å². The molecule has 18 heavy (non-hydrogen) atoms. The van der Waals surface area contributed by atoms with E-state index in [4.69, 9.17) is 10.5 Å². The molecule has 0 spiro atoms. The van der Waals surface area contributed by atoms with Gasteiger partial charge >= 0.3 is 0 Å². The first-order valence-corrected chi connectivity index (χ1v) is 6.30. The van der Waals surface area contributed by atoms with Gasteiger partial charge in [0.2, 0.25) is 0 Å². The lowest BCUT2D eigenvalue weighted by atomic mass is 10.0. The number of likely N-dealkylation sites (tertiary alicyclic amines) is 1. The number of nitrogens with two attached hydrogens (primary N) is 1. The van der Waals surface area contributed by atoms with Crippen molar-refractivity contribution in [3.63, 3.8) is 0 Å². The largest absolute Gasteiger partial charge is 0.496 e. The summed E-state index contributed by atoms with van der Waals surface area (Å²) in [5.41, 5.74) is 8.55. The molecule has 1 unspecified atom stereocenters. The molecule has 1 heterocycles. The molecule has 0 radical (unpaired) electrons. The van der Waals surface area contributed by atoms with Crippen molar-refractivity contribution in [3.8, 4) is 5.75 Å². The Morgan fingerprint density at radius 2 is 2.22 bits per heavy atom. The highest BCUT2D eigenvalue weighted by atomic mass is 35.5. The molecule has 4 heteroatoms. The molecule has 1 fully saturated rings. The fraction of sp³-hybridized carbons (Fsp3) is 0.571. The number of halogens is 1. The first kappa shape index (κ1) is 15.3. The standard InChI is InChI=1S/C14H22N2O.ClH/c1-11-5-6-14(17-2)12(8-11)9-16-7-3-4-13(15)10-16;/h5-6,8,13H,3-4,7,9-10,15H2,1-2H3;1H. The van der Waals surface area contributed by atoms with Crippen LogP contribution in [0.3, 0.4) is 0 Å². The van der Waals surface area contributed by atoms with Crippen LogP contribution in [0.4, 0.5) is 0 Å². The van der Waals surface area contributed by atoms with Gasteiger partial charge in [-0.15, -0.1) is 12.4 Å². The van der Waals surface area contributed by atoms with E-state index in [1.165, 1.54) is 17.5 Å². The molecule has 1 aromatic rings. The van der Waals surface area contributed by atoms with Crippen LogP contribution in [-0.2, 0) is 6.54 Å². The fourth-order valence-corrected chi connectivity index (χ4v) is 2.51. The summed E-state index contributed by atoms with van der Waals surface area (Å²) in [6.45, 7) is 5.20. The molecule has 1 aromatic carbocycles. The van der Waals surface area contributed by atoms with Crippen molar-refractivity contribution in [2.75, 3.05) is 20.2 Å². The lowest BCUT2D eigenvalue weighted by Crippen LogP contribution is -2.42. The summed E-state index contributed by atoms with van der Waals surface area (Å²) in [5.74, 6) is 0.981. The number of ether oxygens (including phenoxy) is 1. The number of aryl methyl sites for hydroxylation is 1. The molecule has 0 aromatic heterocycles. The highest BCUT2D eigenvalue weighted by molar-refractivity contribution is 5.85. The van der Waals surface area contributed by atoms with Crippen LogP contribution in [0.25, 0.3) is 0 Å². The third-order valence-corrected chi connectivity index (χ3v) is 3.37. The lowest BCUT2D eigenvalue weighted by Gasteiger charge is -2.31. The summed E-state index contributed by atoms with van der Waals surface area (Å²) in [4.78, 5) is 2.42. The minimum Gasteiger partial charge on any atom is -0.496 e. The average Bonchev–Trinajstić information content (AvgIpc) is 2.29. The third-order valence-electron chi connectivity index (χ3n) is 3.37. The number of rotatable bonds is 3. The molecule has 0 amide bonds.